The first kappa shape index (κ1) is 11.9. The van der Waals surface area contributed by atoms with E-state index in [1.807, 2.05) is 27.2 Å². The van der Waals surface area contributed by atoms with Gasteiger partial charge in [-0.15, -0.1) is 0 Å². The molecule has 0 aliphatic heterocycles. The van der Waals surface area contributed by atoms with E-state index in [9.17, 15) is 0 Å². The molecule has 5 heteroatoms. The van der Waals surface area contributed by atoms with E-state index in [-0.39, 0.29) is 0 Å². The number of hydrogen-bond acceptors (Lipinski definition) is 5. The molecular weight excluding hydrogens is 190 g/mol. The predicted molar refractivity (Wildman–Crippen MR) is 61.8 cm³/mol. The van der Waals surface area contributed by atoms with Crippen LogP contribution in [0, 0.1) is 0 Å². The van der Waals surface area contributed by atoms with Crippen molar-refractivity contribution in [2.45, 2.75) is 6.54 Å². The lowest BCUT2D eigenvalue weighted by molar-refractivity contribution is 0.425. The monoisotopic (exact) mass is 209 g/mol. The minimum absolute atomic E-state index is 0.698. The number of anilines is 1. The Morgan fingerprint density at radius 1 is 1.40 bits per heavy atom. The van der Waals surface area contributed by atoms with Crippen LogP contribution in [0.2, 0.25) is 0 Å². The molecule has 0 saturated carbocycles. The van der Waals surface area contributed by atoms with Crippen LogP contribution in [0.15, 0.2) is 12.3 Å². The van der Waals surface area contributed by atoms with Crippen LogP contribution in [0.3, 0.4) is 0 Å². The number of likely N-dealkylation sites (N-methyl/N-ethyl adjacent to an activating group) is 1. The first-order valence-electron chi connectivity index (χ1n) is 5.07. The van der Waals surface area contributed by atoms with Crippen LogP contribution in [-0.2, 0) is 6.54 Å². The Kier molecular flexibility index (Phi) is 5.00. The van der Waals surface area contributed by atoms with Gasteiger partial charge in [-0.3, -0.25) is 0 Å². The molecule has 0 aliphatic rings. The molecule has 0 aliphatic carbocycles. The lowest BCUT2D eigenvalue weighted by Crippen LogP contribution is -2.21. The van der Waals surface area contributed by atoms with E-state index >= 15 is 0 Å². The van der Waals surface area contributed by atoms with Crippen LogP contribution in [0.5, 0.6) is 0 Å². The van der Waals surface area contributed by atoms with E-state index in [1.165, 1.54) is 0 Å². The van der Waals surface area contributed by atoms with Crippen molar-refractivity contribution in [2.24, 2.45) is 0 Å². The molecular formula is C10H19N5. The molecule has 1 aromatic rings. The molecule has 2 N–H and O–H groups in total. The number of rotatable bonds is 6. The van der Waals surface area contributed by atoms with E-state index in [4.69, 9.17) is 0 Å². The van der Waals surface area contributed by atoms with Gasteiger partial charge < -0.3 is 15.5 Å². The van der Waals surface area contributed by atoms with Crippen molar-refractivity contribution >= 4 is 5.82 Å². The van der Waals surface area contributed by atoms with Crippen molar-refractivity contribution < 1.29 is 0 Å². The van der Waals surface area contributed by atoms with Crippen LogP contribution < -0.4 is 10.6 Å². The molecule has 0 atom stereocenters. The third kappa shape index (κ3) is 4.71. The third-order valence-corrected chi connectivity index (χ3v) is 1.91. The molecule has 5 nitrogen and oxygen atoms in total. The summed E-state index contributed by atoms with van der Waals surface area (Å²) in [6.07, 6.45) is 1.78. The Balaban J connectivity index is 2.43. The first-order chi connectivity index (χ1) is 7.22. The van der Waals surface area contributed by atoms with Gasteiger partial charge in [0.25, 0.3) is 0 Å². The zero-order valence-electron chi connectivity index (χ0n) is 9.62. The maximum atomic E-state index is 4.36. The number of aromatic nitrogens is 2. The lowest BCUT2D eigenvalue weighted by atomic mass is 10.5. The van der Waals surface area contributed by atoms with Gasteiger partial charge in [0, 0.05) is 19.3 Å². The molecule has 0 bridgehead atoms. The molecule has 0 unspecified atom stereocenters. The van der Waals surface area contributed by atoms with E-state index in [0.29, 0.717) is 6.54 Å². The fraction of sp³-hybridized carbons (Fsp3) is 0.600. The molecule has 1 rings (SSSR count). The molecule has 0 saturated heterocycles. The minimum Gasteiger partial charge on any atom is -0.369 e. The van der Waals surface area contributed by atoms with Gasteiger partial charge in [0.1, 0.15) is 11.6 Å². The normalized spacial score (nSPS) is 10.7. The summed E-state index contributed by atoms with van der Waals surface area (Å²) in [7, 11) is 5.98. The second-order valence-electron chi connectivity index (χ2n) is 3.62. The third-order valence-electron chi connectivity index (χ3n) is 1.91. The van der Waals surface area contributed by atoms with Crippen LogP contribution in [0.25, 0.3) is 0 Å². The molecule has 15 heavy (non-hydrogen) atoms. The van der Waals surface area contributed by atoms with Crippen LogP contribution in [0.4, 0.5) is 5.82 Å². The highest BCUT2D eigenvalue weighted by atomic mass is 15.1. The minimum atomic E-state index is 0.698. The highest BCUT2D eigenvalue weighted by Crippen LogP contribution is 2.00. The molecule has 0 radical (unpaired) electrons. The molecule has 0 spiro atoms. The zero-order chi connectivity index (χ0) is 11.1. The summed E-state index contributed by atoms with van der Waals surface area (Å²) in [5.74, 6) is 1.70. The molecule has 0 fully saturated rings. The maximum Gasteiger partial charge on any atom is 0.144 e. The number of hydrogen-bond donors (Lipinski definition) is 2. The predicted octanol–water partition coefficient (Wildman–Crippen LogP) is 0.170. The molecule has 1 heterocycles. The highest BCUT2D eigenvalue weighted by molar-refractivity contribution is 5.32. The molecule has 0 amide bonds. The van der Waals surface area contributed by atoms with Gasteiger partial charge in [0.05, 0.1) is 6.54 Å². The zero-order valence-corrected chi connectivity index (χ0v) is 9.62. The maximum absolute atomic E-state index is 4.36. The Labute approximate surface area is 90.9 Å². The van der Waals surface area contributed by atoms with Crippen molar-refractivity contribution in [3.63, 3.8) is 0 Å². The summed E-state index contributed by atoms with van der Waals surface area (Å²) in [5.41, 5.74) is 0. The fourth-order valence-corrected chi connectivity index (χ4v) is 1.15. The molecule has 0 aromatic carbocycles. The van der Waals surface area contributed by atoms with Gasteiger partial charge >= 0.3 is 0 Å². The van der Waals surface area contributed by atoms with E-state index in [1.54, 1.807) is 6.20 Å². The Bertz CT molecular complexity index is 287. The second kappa shape index (κ2) is 6.31. The number of nitrogens with one attached hydrogen (secondary N) is 2. The Morgan fingerprint density at radius 3 is 2.87 bits per heavy atom. The van der Waals surface area contributed by atoms with Gasteiger partial charge in [-0.1, -0.05) is 0 Å². The number of nitrogens with zero attached hydrogens (tertiary/aromatic N) is 3. The van der Waals surface area contributed by atoms with Crippen molar-refractivity contribution in [3.8, 4) is 0 Å². The molecule has 84 valence electrons. The standard InChI is InChI=1S/C10H19N5/c1-11-8-10-12-5-4-9(14-10)13-6-7-15(2)3/h4-5,11H,6-8H2,1-3H3,(H,12,13,14). The van der Waals surface area contributed by atoms with Gasteiger partial charge in [0.2, 0.25) is 0 Å². The van der Waals surface area contributed by atoms with E-state index in [0.717, 1.165) is 24.7 Å². The van der Waals surface area contributed by atoms with E-state index in [2.05, 4.69) is 25.5 Å². The van der Waals surface area contributed by atoms with Gasteiger partial charge in [0.15, 0.2) is 0 Å². The SMILES string of the molecule is CNCc1nccc(NCCN(C)C)n1. The largest absolute Gasteiger partial charge is 0.369 e. The summed E-state index contributed by atoms with van der Waals surface area (Å²) >= 11 is 0. The quantitative estimate of drug-likeness (QED) is 0.699. The van der Waals surface area contributed by atoms with Crippen LogP contribution in [-0.4, -0.2) is 49.1 Å². The van der Waals surface area contributed by atoms with Crippen molar-refractivity contribution in [3.05, 3.63) is 18.1 Å². The fourth-order valence-electron chi connectivity index (χ4n) is 1.15. The summed E-state index contributed by atoms with van der Waals surface area (Å²) in [4.78, 5) is 10.6. The van der Waals surface area contributed by atoms with Gasteiger partial charge in [-0.25, -0.2) is 9.97 Å². The average Bonchev–Trinajstić information content (AvgIpc) is 2.18. The topological polar surface area (TPSA) is 53.1 Å². The van der Waals surface area contributed by atoms with Crippen molar-refractivity contribution in [1.82, 2.24) is 20.2 Å². The smallest absolute Gasteiger partial charge is 0.144 e. The summed E-state index contributed by atoms with van der Waals surface area (Å²) in [5, 5.41) is 6.28. The van der Waals surface area contributed by atoms with Crippen LogP contribution in [0.1, 0.15) is 5.82 Å². The first-order valence-corrected chi connectivity index (χ1v) is 5.07. The molecule has 1 aromatic heterocycles. The van der Waals surface area contributed by atoms with Crippen LogP contribution >= 0.6 is 0 Å². The highest BCUT2D eigenvalue weighted by Gasteiger charge is 1.97. The van der Waals surface area contributed by atoms with Crippen molar-refractivity contribution in [2.75, 3.05) is 39.5 Å². The second-order valence-corrected chi connectivity index (χ2v) is 3.62. The van der Waals surface area contributed by atoms with Gasteiger partial charge in [-0.2, -0.15) is 0 Å². The Morgan fingerprint density at radius 2 is 2.20 bits per heavy atom. The summed E-state index contributed by atoms with van der Waals surface area (Å²) in [6, 6.07) is 1.88. The van der Waals surface area contributed by atoms with Gasteiger partial charge in [-0.05, 0) is 27.2 Å². The average molecular weight is 209 g/mol. The Hall–Kier alpha value is -1.20. The summed E-state index contributed by atoms with van der Waals surface area (Å²) in [6.45, 7) is 2.58. The lowest BCUT2D eigenvalue weighted by Gasteiger charge is -2.11. The summed E-state index contributed by atoms with van der Waals surface area (Å²) < 4.78 is 0. The van der Waals surface area contributed by atoms with Crippen molar-refractivity contribution in [1.29, 1.82) is 0 Å². The van der Waals surface area contributed by atoms with E-state index < -0.39 is 0 Å².